The van der Waals surface area contributed by atoms with Crippen LogP contribution in [-0.4, -0.2) is 71.8 Å². The standard InChI is InChI=1S/C30H49N3O7/c1-7-9-10-11-12-13-19-33(28(37)24(21-34)32-29(38)40-30(4,5)6)26(23-16-14-15-22(3)20-23)27(36)31-18-17-25(35)39-8-2/h14-16,20,24,26,34H,7-13,17-19,21H2,1-6H3,(H,31,36)(H,32,38). The van der Waals surface area contributed by atoms with Gasteiger partial charge in [0.05, 0.1) is 19.6 Å². The van der Waals surface area contributed by atoms with E-state index in [2.05, 4.69) is 17.6 Å². The van der Waals surface area contributed by atoms with Gasteiger partial charge in [-0.25, -0.2) is 4.79 Å². The Morgan fingerprint density at radius 2 is 1.70 bits per heavy atom. The molecular weight excluding hydrogens is 514 g/mol. The maximum Gasteiger partial charge on any atom is 0.408 e. The number of benzene rings is 1. The molecule has 10 heteroatoms. The van der Waals surface area contributed by atoms with Crippen LogP contribution in [0, 0.1) is 6.92 Å². The first-order valence-electron chi connectivity index (χ1n) is 14.3. The minimum absolute atomic E-state index is 0.00897. The van der Waals surface area contributed by atoms with E-state index in [1.807, 2.05) is 19.1 Å². The molecule has 1 rings (SSSR count). The Bertz CT molecular complexity index is 945. The number of carbonyl (C=O) groups is 4. The van der Waals surface area contributed by atoms with Crippen LogP contribution in [-0.2, 0) is 23.9 Å². The molecule has 0 aliphatic heterocycles. The quantitative estimate of drug-likeness (QED) is 0.191. The lowest BCUT2D eigenvalue weighted by Gasteiger charge is -2.34. The molecule has 0 aliphatic rings. The number of aliphatic hydroxyl groups excluding tert-OH is 1. The lowest BCUT2D eigenvalue weighted by molar-refractivity contribution is -0.144. The molecule has 226 valence electrons. The molecule has 0 fully saturated rings. The second-order valence-corrected chi connectivity index (χ2v) is 10.8. The molecule has 3 N–H and O–H groups in total. The number of amides is 3. The third-order valence-electron chi connectivity index (χ3n) is 6.06. The number of hydrogen-bond donors (Lipinski definition) is 3. The number of hydrogen-bond acceptors (Lipinski definition) is 7. The van der Waals surface area contributed by atoms with Gasteiger partial charge < -0.3 is 30.1 Å². The fraction of sp³-hybridized carbons (Fsp3) is 0.667. The molecule has 0 heterocycles. The van der Waals surface area contributed by atoms with E-state index in [1.54, 1.807) is 39.8 Å². The van der Waals surface area contributed by atoms with Crippen LogP contribution in [0.4, 0.5) is 4.79 Å². The molecule has 2 atom stereocenters. The van der Waals surface area contributed by atoms with Crippen LogP contribution in [0.5, 0.6) is 0 Å². The van der Waals surface area contributed by atoms with E-state index in [1.165, 1.54) is 4.90 Å². The number of alkyl carbamates (subject to hydrolysis) is 1. The van der Waals surface area contributed by atoms with Crippen molar-refractivity contribution >= 4 is 23.9 Å². The van der Waals surface area contributed by atoms with E-state index in [0.717, 1.165) is 37.7 Å². The third kappa shape index (κ3) is 13.3. The number of aryl methyl sites for hydroxylation is 1. The highest BCUT2D eigenvalue weighted by molar-refractivity contribution is 5.92. The summed E-state index contributed by atoms with van der Waals surface area (Å²) in [7, 11) is 0. The maximum absolute atomic E-state index is 13.9. The van der Waals surface area contributed by atoms with Gasteiger partial charge in [0.2, 0.25) is 11.8 Å². The number of carbonyl (C=O) groups excluding carboxylic acids is 4. The minimum atomic E-state index is -1.31. The number of unbranched alkanes of at least 4 members (excludes halogenated alkanes) is 5. The zero-order valence-electron chi connectivity index (χ0n) is 25.1. The Labute approximate surface area is 239 Å². The van der Waals surface area contributed by atoms with Crippen molar-refractivity contribution < 1.29 is 33.8 Å². The molecular formula is C30H49N3O7. The van der Waals surface area contributed by atoms with Crippen molar-refractivity contribution in [2.45, 2.75) is 104 Å². The monoisotopic (exact) mass is 563 g/mol. The van der Waals surface area contributed by atoms with Crippen molar-refractivity contribution in [1.29, 1.82) is 0 Å². The van der Waals surface area contributed by atoms with Crippen LogP contribution in [0.3, 0.4) is 0 Å². The van der Waals surface area contributed by atoms with Gasteiger partial charge in [0.1, 0.15) is 17.7 Å². The average Bonchev–Trinajstić information content (AvgIpc) is 2.87. The largest absolute Gasteiger partial charge is 0.466 e. The summed E-state index contributed by atoms with van der Waals surface area (Å²) < 4.78 is 10.2. The van der Waals surface area contributed by atoms with Crippen molar-refractivity contribution in [3.63, 3.8) is 0 Å². The van der Waals surface area contributed by atoms with Crippen LogP contribution < -0.4 is 10.6 Å². The van der Waals surface area contributed by atoms with Gasteiger partial charge in [-0.2, -0.15) is 0 Å². The van der Waals surface area contributed by atoms with Crippen molar-refractivity contribution in [1.82, 2.24) is 15.5 Å². The first-order chi connectivity index (χ1) is 18.9. The molecule has 2 unspecified atom stereocenters. The van der Waals surface area contributed by atoms with Crippen LogP contribution in [0.1, 0.15) is 96.7 Å². The molecule has 0 saturated heterocycles. The highest BCUT2D eigenvalue weighted by Gasteiger charge is 2.36. The predicted octanol–water partition coefficient (Wildman–Crippen LogP) is 4.18. The van der Waals surface area contributed by atoms with E-state index in [-0.39, 0.29) is 26.1 Å². The summed E-state index contributed by atoms with van der Waals surface area (Å²) in [6, 6.07) is 4.93. The van der Waals surface area contributed by atoms with Gasteiger partial charge in [-0.1, -0.05) is 68.9 Å². The number of nitrogens with zero attached hydrogens (tertiary/aromatic N) is 1. The van der Waals surface area contributed by atoms with E-state index in [9.17, 15) is 24.3 Å². The summed E-state index contributed by atoms with van der Waals surface area (Å²) in [5.74, 6) is -1.51. The predicted molar refractivity (Wildman–Crippen MR) is 154 cm³/mol. The molecule has 0 aromatic heterocycles. The topological polar surface area (TPSA) is 134 Å². The van der Waals surface area contributed by atoms with Gasteiger partial charge in [0.15, 0.2) is 0 Å². The van der Waals surface area contributed by atoms with Gasteiger partial charge in [-0.3, -0.25) is 14.4 Å². The number of aliphatic hydroxyl groups is 1. The van der Waals surface area contributed by atoms with Crippen LogP contribution in [0.15, 0.2) is 24.3 Å². The van der Waals surface area contributed by atoms with Crippen LogP contribution in [0.25, 0.3) is 0 Å². The normalized spacial score (nSPS) is 12.7. The van der Waals surface area contributed by atoms with Crippen molar-refractivity contribution in [3.05, 3.63) is 35.4 Å². The van der Waals surface area contributed by atoms with E-state index in [4.69, 9.17) is 9.47 Å². The Morgan fingerprint density at radius 1 is 1.02 bits per heavy atom. The molecule has 0 saturated carbocycles. The smallest absolute Gasteiger partial charge is 0.408 e. The molecule has 1 aromatic rings. The Balaban J connectivity index is 3.30. The summed E-state index contributed by atoms with van der Waals surface area (Å²) in [6.45, 7) is 10.7. The molecule has 0 radical (unpaired) electrons. The van der Waals surface area contributed by atoms with Gasteiger partial charge in [0, 0.05) is 13.1 Å². The Morgan fingerprint density at radius 3 is 2.30 bits per heavy atom. The van der Waals surface area contributed by atoms with Crippen molar-refractivity contribution in [2.24, 2.45) is 0 Å². The third-order valence-corrected chi connectivity index (χ3v) is 6.06. The van der Waals surface area contributed by atoms with Crippen molar-refractivity contribution in [2.75, 3.05) is 26.3 Å². The lowest BCUT2D eigenvalue weighted by atomic mass is 10.00. The molecule has 3 amide bonds. The van der Waals surface area contributed by atoms with Crippen molar-refractivity contribution in [3.8, 4) is 0 Å². The molecule has 0 spiro atoms. The summed E-state index contributed by atoms with van der Waals surface area (Å²) in [5, 5.41) is 15.3. The summed E-state index contributed by atoms with van der Waals surface area (Å²) >= 11 is 0. The van der Waals surface area contributed by atoms with Gasteiger partial charge in [0.25, 0.3) is 0 Å². The molecule has 1 aromatic carbocycles. The fourth-order valence-corrected chi connectivity index (χ4v) is 4.20. The van der Waals surface area contributed by atoms with Crippen LogP contribution in [0.2, 0.25) is 0 Å². The Kier molecular flexibility index (Phi) is 15.9. The van der Waals surface area contributed by atoms with Gasteiger partial charge in [-0.15, -0.1) is 0 Å². The molecule has 40 heavy (non-hydrogen) atoms. The summed E-state index contributed by atoms with van der Waals surface area (Å²) in [5.41, 5.74) is 0.690. The maximum atomic E-state index is 13.9. The number of ether oxygens (including phenoxy) is 2. The second kappa shape index (κ2) is 18.3. The summed E-state index contributed by atoms with van der Waals surface area (Å²) in [6.07, 6.45) is 4.97. The molecule has 0 bridgehead atoms. The van der Waals surface area contributed by atoms with E-state index >= 15 is 0 Å². The van der Waals surface area contributed by atoms with Crippen LogP contribution >= 0.6 is 0 Å². The van der Waals surface area contributed by atoms with E-state index in [0.29, 0.717) is 12.0 Å². The van der Waals surface area contributed by atoms with Gasteiger partial charge >= 0.3 is 12.1 Å². The van der Waals surface area contributed by atoms with Gasteiger partial charge in [-0.05, 0) is 46.6 Å². The SMILES string of the molecule is CCCCCCCCN(C(=O)C(CO)NC(=O)OC(C)(C)C)C(C(=O)NCCC(=O)OCC)c1cccc(C)c1. The summed E-state index contributed by atoms with van der Waals surface area (Å²) in [4.78, 5) is 53.1. The second-order valence-electron chi connectivity index (χ2n) is 10.8. The number of esters is 1. The molecule has 10 nitrogen and oxygen atoms in total. The Hall–Kier alpha value is -3.14. The highest BCUT2D eigenvalue weighted by atomic mass is 16.6. The van der Waals surface area contributed by atoms with E-state index < -0.39 is 48.2 Å². The zero-order chi connectivity index (χ0) is 30.1. The minimum Gasteiger partial charge on any atom is -0.466 e. The number of rotatable bonds is 17. The zero-order valence-corrected chi connectivity index (χ0v) is 25.1. The average molecular weight is 564 g/mol. The number of nitrogens with one attached hydrogen (secondary N) is 2. The fourth-order valence-electron chi connectivity index (χ4n) is 4.20. The first-order valence-corrected chi connectivity index (χ1v) is 14.3. The highest BCUT2D eigenvalue weighted by Crippen LogP contribution is 2.25. The molecule has 0 aliphatic carbocycles. The first kappa shape index (κ1) is 34.9. The lowest BCUT2D eigenvalue weighted by Crippen LogP contribution is -2.54.